The molecule has 12 aromatic rings. The van der Waals surface area contributed by atoms with E-state index in [1.807, 2.05) is 12.1 Å². The summed E-state index contributed by atoms with van der Waals surface area (Å²) >= 11 is 0. The first-order chi connectivity index (χ1) is 32.7. The van der Waals surface area contributed by atoms with E-state index in [-0.39, 0.29) is 0 Å². The summed E-state index contributed by atoms with van der Waals surface area (Å²) in [6.45, 7) is 0. The van der Waals surface area contributed by atoms with Gasteiger partial charge < -0.3 is 0 Å². The van der Waals surface area contributed by atoms with E-state index in [4.69, 9.17) is 19.9 Å². The van der Waals surface area contributed by atoms with E-state index >= 15 is 0 Å². The highest BCUT2D eigenvalue weighted by molar-refractivity contribution is 6.16. The second kappa shape index (κ2) is 16.7. The standard InChI is InChI=1S/C62H40N4/c1-3-10-41(11-4-1)43-24-30-51(31-25-43)60-64-61(52-32-26-44(27-33-52)42-12-5-2-6-13-42)66-62(65-60)54-16-9-15-53(40-54)47-20-18-45(19-21-47)46-22-28-49(29-23-46)58-39-36-50-35-37-56-55-17-8-7-14-48(55)34-38-57(56)59(50)63-58/h1-40H. The van der Waals surface area contributed by atoms with E-state index < -0.39 is 0 Å². The van der Waals surface area contributed by atoms with Crippen molar-refractivity contribution in [2.24, 2.45) is 0 Å². The van der Waals surface area contributed by atoms with Crippen molar-refractivity contribution in [1.29, 1.82) is 0 Å². The molecule has 0 atom stereocenters. The molecule has 0 radical (unpaired) electrons. The van der Waals surface area contributed by atoms with Gasteiger partial charge in [0.15, 0.2) is 17.5 Å². The fourth-order valence-electron chi connectivity index (χ4n) is 9.01. The smallest absolute Gasteiger partial charge is 0.164 e. The molecule has 2 heterocycles. The highest BCUT2D eigenvalue weighted by Crippen LogP contribution is 2.35. The van der Waals surface area contributed by atoms with Crippen LogP contribution in [0.5, 0.6) is 0 Å². The zero-order chi connectivity index (χ0) is 43.8. The van der Waals surface area contributed by atoms with Crippen LogP contribution in [0.25, 0.3) is 122 Å². The average molecular weight is 841 g/mol. The van der Waals surface area contributed by atoms with E-state index in [0.29, 0.717) is 17.5 Å². The molecule has 0 aliphatic rings. The lowest BCUT2D eigenvalue weighted by molar-refractivity contribution is 1.07. The van der Waals surface area contributed by atoms with Crippen molar-refractivity contribution >= 4 is 32.4 Å². The Bertz CT molecular complexity index is 3600. The summed E-state index contributed by atoms with van der Waals surface area (Å²) in [6, 6.07) is 85.3. The number of fused-ring (bicyclic) bond motifs is 5. The second-order valence-corrected chi connectivity index (χ2v) is 16.6. The highest BCUT2D eigenvalue weighted by Gasteiger charge is 2.15. The fraction of sp³-hybridized carbons (Fsp3) is 0. The Hall–Kier alpha value is -8.86. The first-order valence-corrected chi connectivity index (χ1v) is 22.3. The van der Waals surface area contributed by atoms with Crippen LogP contribution in [0.1, 0.15) is 0 Å². The Kier molecular flexibility index (Phi) is 9.81. The minimum atomic E-state index is 0.621. The maximum atomic E-state index is 5.21. The van der Waals surface area contributed by atoms with Gasteiger partial charge in [-0.25, -0.2) is 19.9 Å². The number of benzene rings is 10. The van der Waals surface area contributed by atoms with Crippen LogP contribution in [0.2, 0.25) is 0 Å². The number of hydrogen-bond donors (Lipinski definition) is 0. The molecule has 308 valence electrons. The summed E-state index contributed by atoms with van der Waals surface area (Å²) in [5.41, 5.74) is 15.0. The van der Waals surface area contributed by atoms with Gasteiger partial charge >= 0.3 is 0 Å². The number of aromatic nitrogens is 4. The van der Waals surface area contributed by atoms with Gasteiger partial charge in [-0.3, -0.25) is 0 Å². The highest BCUT2D eigenvalue weighted by atomic mass is 15.0. The third-order valence-corrected chi connectivity index (χ3v) is 12.6. The molecule has 10 aromatic carbocycles. The van der Waals surface area contributed by atoms with Gasteiger partial charge in [0.1, 0.15) is 0 Å². The van der Waals surface area contributed by atoms with Gasteiger partial charge in [0.25, 0.3) is 0 Å². The summed E-state index contributed by atoms with van der Waals surface area (Å²) in [6.07, 6.45) is 0. The number of pyridine rings is 1. The molecular weight excluding hydrogens is 801 g/mol. The van der Waals surface area contributed by atoms with Gasteiger partial charge in [-0.15, -0.1) is 0 Å². The van der Waals surface area contributed by atoms with Crippen LogP contribution < -0.4 is 0 Å². The van der Waals surface area contributed by atoms with E-state index in [2.05, 4.69) is 231 Å². The Labute approximate surface area is 383 Å². The van der Waals surface area contributed by atoms with Crippen LogP contribution in [-0.4, -0.2) is 19.9 Å². The molecule has 0 N–H and O–H groups in total. The maximum absolute atomic E-state index is 5.21. The van der Waals surface area contributed by atoms with Gasteiger partial charge in [-0.2, -0.15) is 0 Å². The van der Waals surface area contributed by atoms with Crippen molar-refractivity contribution in [3.8, 4) is 89.9 Å². The van der Waals surface area contributed by atoms with Crippen molar-refractivity contribution in [1.82, 2.24) is 19.9 Å². The van der Waals surface area contributed by atoms with Gasteiger partial charge in [0, 0.05) is 33.0 Å². The molecule has 0 bridgehead atoms. The maximum Gasteiger partial charge on any atom is 0.164 e. The topological polar surface area (TPSA) is 51.6 Å². The van der Waals surface area contributed by atoms with E-state index in [1.165, 1.54) is 32.7 Å². The molecule has 2 aromatic heterocycles. The molecule has 66 heavy (non-hydrogen) atoms. The quantitative estimate of drug-likeness (QED) is 0.143. The van der Waals surface area contributed by atoms with Gasteiger partial charge in [0.05, 0.1) is 11.2 Å². The predicted octanol–water partition coefficient (Wildman–Crippen LogP) is 16.1. The van der Waals surface area contributed by atoms with Crippen molar-refractivity contribution in [2.75, 3.05) is 0 Å². The Morgan fingerprint density at radius 2 is 0.591 bits per heavy atom. The van der Waals surface area contributed by atoms with Crippen molar-refractivity contribution < 1.29 is 0 Å². The molecule has 0 aliphatic carbocycles. The van der Waals surface area contributed by atoms with E-state index in [0.717, 1.165) is 72.2 Å². The van der Waals surface area contributed by atoms with Gasteiger partial charge in [-0.1, -0.05) is 231 Å². The molecule has 4 heteroatoms. The zero-order valence-electron chi connectivity index (χ0n) is 35.9. The SMILES string of the molecule is c1ccc(-c2ccc(-c3nc(-c4ccc(-c5ccccc5)cc4)nc(-c4cccc(-c5ccc(-c6ccc(-c7ccc8ccc9c%10ccccc%10ccc9c8n7)cc6)cc5)c4)n3)cc2)cc1. The zero-order valence-corrected chi connectivity index (χ0v) is 35.9. The number of nitrogens with zero attached hydrogens (tertiary/aromatic N) is 4. The van der Waals surface area contributed by atoms with Gasteiger partial charge in [-0.05, 0) is 72.8 Å². The van der Waals surface area contributed by atoms with Crippen LogP contribution in [-0.2, 0) is 0 Å². The Balaban J connectivity index is 0.836. The average Bonchev–Trinajstić information content (AvgIpc) is 3.41. The van der Waals surface area contributed by atoms with E-state index in [1.54, 1.807) is 0 Å². The summed E-state index contributed by atoms with van der Waals surface area (Å²) in [5.74, 6) is 1.87. The van der Waals surface area contributed by atoms with Crippen LogP contribution >= 0.6 is 0 Å². The number of rotatable bonds is 8. The molecule has 0 fully saturated rings. The molecule has 0 saturated carbocycles. The largest absolute Gasteiger partial charge is 0.247 e. The van der Waals surface area contributed by atoms with Crippen LogP contribution in [0.3, 0.4) is 0 Å². The molecule has 0 aliphatic heterocycles. The van der Waals surface area contributed by atoms with Crippen LogP contribution in [0, 0.1) is 0 Å². The lowest BCUT2D eigenvalue weighted by atomic mass is 9.97. The molecular formula is C62H40N4. The summed E-state index contributed by atoms with van der Waals surface area (Å²) < 4.78 is 0. The second-order valence-electron chi connectivity index (χ2n) is 16.6. The lowest BCUT2D eigenvalue weighted by Gasteiger charge is -2.11. The number of hydrogen-bond acceptors (Lipinski definition) is 4. The lowest BCUT2D eigenvalue weighted by Crippen LogP contribution is -2.00. The molecule has 12 rings (SSSR count). The molecule has 4 nitrogen and oxygen atoms in total. The minimum absolute atomic E-state index is 0.621. The van der Waals surface area contributed by atoms with Gasteiger partial charge in [0.2, 0.25) is 0 Å². The fourth-order valence-corrected chi connectivity index (χ4v) is 9.01. The van der Waals surface area contributed by atoms with Crippen LogP contribution in [0.4, 0.5) is 0 Å². The minimum Gasteiger partial charge on any atom is -0.247 e. The molecule has 0 spiro atoms. The first-order valence-electron chi connectivity index (χ1n) is 22.3. The monoisotopic (exact) mass is 840 g/mol. The summed E-state index contributed by atoms with van der Waals surface area (Å²) in [4.78, 5) is 20.5. The first kappa shape index (κ1) is 38.8. The molecule has 0 saturated heterocycles. The van der Waals surface area contributed by atoms with Crippen molar-refractivity contribution in [3.05, 3.63) is 243 Å². The van der Waals surface area contributed by atoms with Crippen molar-refractivity contribution in [2.45, 2.75) is 0 Å². The van der Waals surface area contributed by atoms with Crippen LogP contribution in [0.15, 0.2) is 243 Å². The summed E-state index contributed by atoms with van der Waals surface area (Å²) in [7, 11) is 0. The third kappa shape index (κ3) is 7.47. The third-order valence-electron chi connectivity index (χ3n) is 12.6. The van der Waals surface area contributed by atoms with Crippen molar-refractivity contribution in [3.63, 3.8) is 0 Å². The Morgan fingerprint density at radius 3 is 1.17 bits per heavy atom. The molecule has 0 unspecified atom stereocenters. The Morgan fingerprint density at radius 1 is 0.197 bits per heavy atom. The normalized spacial score (nSPS) is 11.3. The summed E-state index contributed by atoms with van der Waals surface area (Å²) in [5, 5.41) is 6.03. The molecule has 0 amide bonds. The van der Waals surface area contributed by atoms with E-state index in [9.17, 15) is 0 Å². The predicted molar refractivity (Wildman–Crippen MR) is 274 cm³/mol.